The fraction of sp³-hybridized carbons (Fsp3) is 0.158. The molecule has 0 amide bonds. The molecular formula is C19H20S. The monoisotopic (exact) mass is 280 g/mol. The van der Waals surface area contributed by atoms with Crippen molar-refractivity contribution in [2.24, 2.45) is 0 Å². The van der Waals surface area contributed by atoms with Crippen molar-refractivity contribution < 1.29 is 0 Å². The molecule has 0 aromatic heterocycles. The van der Waals surface area contributed by atoms with Crippen LogP contribution in [-0.4, -0.2) is 0 Å². The minimum Gasteiger partial charge on any atom is -0.175 e. The van der Waals surface area contributed by atoms with Crippen LogP contribution in [0.1, 0.15) is 16.7 Å². The summed E-state index contributed by atoms with van der Waals surface area (Å²) in [6, 6.07) is 23.3. The van der Waals surface area contributed by atoms with Gasteiger partial charge in [0.2, 0.25) is 0 Å². The highest BCUT2D eigenvalue weighted by Crippen LogP contribution is 2.16. The molecule has 0 atom stereocenters. The van der Waals surface area contributed by atoms with Crippen molar-refractivity contribution in [3.63, 3.8) is 0 Å². The highest BCUT2D eigenvalue weighted by Gasteiger charge is 1.92. The maximum Gasteiger partial charge on any atom is 0.0154 e. The van der Waals surface area contributed by atoms with Crippen LogP contribution in [-0.2, 0) is 5.75 Å². The van der Waals surface area contributed by atoms with Crippen LogP contribution in [0.25, 0.3) is 10.8 Å². The third kappa shape index (κ3) is 4.14. The molecule has 102 valence electrons. The Morgan fingerprint density at radius 1 is 0.700 bits per heavy atom. The number of hydrogen-bond acceptors (Lipinski definition) is 1. The summed E-state index contributed by atoms with van der Waals surface area (Å²) in [5.74, 6) is 0.834. The van der Waals surface area contributed by atoms with Crippen LogP contribution in [0, 0.1) is 13.8 Å². The van der Waals surface area contributed by atoms with E-state index in [9.17, 15) is 0 Å². The Bertz CT molecular complexity index is 630. The second-order valence-corrected chi connectivity index (χ2v) is 5.31. The van der Waals surface area contributed by atoms with E-state index in [-0.39, 0.29) is 0 Å². The molecule has 3 aromatic rings. The summed E-state index contributed by atoms with van der Waals surface area (Å²) in [4.78, 5) is 0. The number of aryl methyl sites for hydroxylation is 2. The summed E-state index contributed by atoms with van der Waals surface area (Å²) in [7, 11) is 0. The van der Waals surface area contributed by atoms with Crippen LogP contribution in [0.4, 0.5) is 0 Å². The molecule has 0 N–H and O–H groups in total. The minimum absolute atomic E-state index is 0.834. The topological polar surface area (TPSA) is 0 Å². The fourth-order valence-corrected chi connectivity index (χ4v) is 2.28. The van der Waals surface area contributed by atoms with Gasteiger partial charge in [0.15, 0.2) is 0 Å². The minimum atomic E-state index is 0.834. The van der Waals surface area contributed by atoms with Crippen molar-refractivity contribution in [2.45, 2.75) is 19.6 Å². The molecule has 0 bridgehead atoms. The molecule has 0 nitrogen and oxygen atoms in total. The van der Waals surface area contributed by atoms with Crippen LogP contribution in [0.15, 0.2) is 66.7 Å². The zero-order valence-electron chi connectivity index (χ0n) is 12.0. The largest absolute Gasteiger partial charge is 0.175 e. The third-order valence-electron chi connectivity index (χ3n) is 3.18. The van der Waals surface area contributed by atoms with Crippen molar-refractivity contribution in [1.29, 1.82) is 0 Å². The van der Waals surface area contributed by atoms with E-state index in [2.05, 4.69) is 75.0 Å². The SMILES string of the molecule is Cc1ccc2cc(C)ccc2c1.SCc1ccccc1. The molecular weight excluding hydrogens is 260 g/mol. The normalized spacial score (nSPS) is 9.95. The maximum atomic E-state index is 4.11. The molecule has 1 heteroatoms. The van der Waals surface area contributed by atoms with E-state index in [1.165, 1.54) is 27.5 Å². The summed E-state index contributed by atoms with van der Waals surface area (Å²) in [6.07, 6.45) is 0. The first-order valence-electron chi connectivity index (χ1n) is 6.81. The van der Waals surface area contributed by atoms with E-state index >= 15 is 0 Å². The Balaban J connectivity index is 0.000000160. The van der Waals surface area contributed by atoms with Crippen molar-refractivity contribution in [2.75, 3.05) is 0 Å². The Kier molecular flexibility index (Phi) is 5.25. The number of fused-ring (bicyclic) bond motifs is 1. The molecule has 0 radical (unpaired) electrons. The van der Waals surface area contributed by atoms with Gasteiger partial charge in [0.05, 0.1) is 0 Å². The molecule has 0 fully saturated rings. The number of thiol groups is 1. The van der Waals surface area contributed by atoms with Gasteiger partial charge in [-0.25, -0.2) is 0 Å². The van der Waals surface area contributed by atoms with Crippen molar-refractivity contribution in [1.82, 2.24) is 0 Å². The van der Waals surface area contributed by atoms with Gasteiger partial charge in [0, 0.05) is 5.75 Å². The first-order valence-corrected chi connectivity index (χ1v) is 7.44. The van der Waals surface area contributed by atoms with Crippen molar-refractivity contribution >= 4 is 23.4 Å². The van der Waals surface area contributed by atoms with E-state index in [1.54, 1.807) is 0 Å². The summed E-state index contributed by atoms with van der Waals surface area (Å²) in [5, 5.41) is 2.67. The van der Waals surface area contributed by atoms with Crippen LogP contribution in [0.3, 0.4) is 0 Å². The van der Waals surface area contributed by atoms with Gasteiger partial charge in [-0.15, -0.1) is 0 Å². The van der Waals surface area contributed by atoms with E-state index in [0.29, 0.717) is 0 Å². The van der Waals surface area contributed by atoms with E-state index in [0.717, 1.165) is 5.75 Å². The fourth-order valence-electron chi connectivity index (χ4n) is 2.07. The quantitative estimate of drug-likeness (QED) is 0.553. The number of benzene rings is 3. The predicted octanol–water partition coefficient (Wildman–Crippen LogP) is 5.57. The zero-order valence-corrected chi connectivity index (χ0v) is 12.9. The molecule has 0 spiro atoms. The Hall–Kier alpha value is -1.73. The molecule has 0 unspecified atom stereocenters. The molecule has 20 heavy (non-hydrogen) atoms. The molecule has 0 saturated carbocycles. The van der Waals surface area contributed by atoms with Gasteiger partial charge in [-0.05, 0) is 30.2 Å². The molecule has 0 aliphatic heterocycles. The van der Waals surface area contributed by atoms with Gasteiger partial charge in [-0.2, -0.15) is 12.6 Å². The summed E-state index contributed by atoms with van der Waals surface area (Å²) >= 11 is 4.11. The second kappa shape index (κ2) is 7.16. The smallest absolute Gasteiger partial charge is 0.0154 e. The van der Waals surface area contributed by atoms with Crippen molar-refractivity contribution in [3.05, 3.63) is 83.4 Å². The van der Waals surface area contributed by atoms with E-state index in [4.69, 9.17) is 0 Å². The zero-order chi connectivity index (χ0) is 14.4. The Labute approximate surface area is 126 Å². The van der Waals surface area contributed by atoms with E-state index < -0.39 is 0 Å². The standard InChI is InChI=1S/C12H12.C7H8S/c1-9-3-5-12-8-10(2)4-6-11(12)7-9;8-6-7-4-2-1-3-5-7/h3-8H,1-2H3;1-5,8H,6H2. The Morgan fingerprint density at radius 2 is 1.20 bits per heavy atom. The first-order chi connectivity index (χ1) is 9.69. The van der Waals surface area contributed by atoms with Gasteiger partial charge < -0.3 is 0 Å². The van der Waals surface area contributed by atoms with Crippen LogP contribution in [0.2, 0.25) is 0 Å². The van der Waals surface area contributed by atoms with Crippen LogP contribution >= 0.6 is 12.6 Å². The highest BCUT2D eigenvalue weighted by atomic mass is 32.1. The molecule has 0 aliphatic rings. The average Bonchev–Trinajstić information content (AvgIpc) is 2.49. The Morgan fingerprint density at radius 3 is 1.60 bits per heavy atom. The average molecular weight is 280 g/mol. The molecule has 3 rings (SSSR count). The van der Waals surface area contributed by atoms with Gasteiger partial charge in [0.1, 0.15) is 0 Å². The number of rotatable bonds is 1. The molecule has 0 heterocycles. The third-order valence-corrected chi connectivity index (χ3v) is 3.54. The van der Waals surface area contributed by atoms with Gasteiger partial charge in [-0.3, -0.25) is 0 Å². The van der Waals surface area contributed by atoms with Gasteiger partial charge in [-0.1, -0.05) is 77.9 Å². The van der Waals surface area contributed by atoms with Gasteiger partial charge >= 0.3 is 0 Å². The lowest BCUT2D eigenvalue weighted by Crippen LogP contribution is -1.76. The van der Waals surface area contributed by atoms with Gasteiger partial charge in [0.25, 0.3) is 0 Å². The number of hydrogen-bond donors (Lipinski definition) is 1. The lowest BCUT2D eigenvalue weighted by Gasteiger charge is -1.99. The van der Waals surface area contributed by atoms with E-state index in [1.807, 2.05) is 18.2 Å². The summed E-state index contributed by atoms with van der Waals surface area (Å²) in [5.41, 5.74) is 3.92. The second-order valence-electron chi connectivity index (χ2n) is 5.00. The lowest BCUT2D eigenvalue weighted by atomic mass is 10.1. The molecule has 0 aliphatic carbocycles. The molecule has 3 aromatic carbocycles. The predicted molar refractivity (Wildman–Crippen MR) is 92.6 cm³/mol. The summed E-state index contributed by atoms with van der Waals surface area (Å²) in [6.45, 7) is 4.25. The summed E-state index contributed by atoms with van der Waals surface area (Å²) < 4.78 is 0. The lowest BCUT2D eigenvalue weighted by molar-refractivity contribution is 1.43. The van der Waals surface area contributed by atoms with Crippen LogP contribution in [0.5, 0.6) is 0 Å². The first kappa shape index (κ1) is 14.7. The van der Waals surface area contributed by atoms with Crippen molar-refractivity contribution in [3.8, 4) is 0 Å². The maximum absolute atomic E-state index is 4.11. The highest BCUT2D eigenvalue weighted by molar-refractivity contribution is 7.79. The van der Waals surface area contributed by atoms with Crippen LogP contribution < -0.4 is 0 Å². The molecule has 0 saturated heterocycles.